The normalized spacial score (nSPS) is 11.7. The molecule has 0 amide bonds. The van der Waals surface area contributed by atoms with Gasteiger partial charge in [-0.25, -0.2) is 0 Å². The number of ether oxygens (including phenoxy) is 11. The number of carboxylic acid groups (broad SMARTS) is 1. The summed E-state index contributed by atoms with van der Waals surface area (Å²) in [5, 5.41) is 8.47. The molecule has 0 atom stereocenters. The Bertz CT molecular complexity index is 600. The van der Waals surface area contributed by atoms with Crippen LogP contribution in [0.3, 0.4) is 0 Å². The van der Waals surface area contributed by atoms with Crippen LogP contribution in [-0.4, -0.2) is 155 Å². The molecule has 0 aliphatic heterocycles. The maximum absolute atomic E-state index is 11.5. The van der Waals surface area contributed by atoms with Crippen molar-refractivity contribution in [3.05, 3.63) is 0 Å². The minimum atomic E-state index is -0.877. The molecule has 0 aliphatic rings. The molecule has 0 aromatic rings. The lowest BCUT2D eigenvalue weighted by Gasteiger charge is -2.19. The Kier molecular flexibility index (Phi) is 29.9. The van der Waals surface area contributed by atoms with Crippen molar-refractivity contribution in [2.75, 3.05) is 132 Å². The maximum atomic E-state index is 11.5. The van der Waals surface area contributed by atoms with E-state index in [-0.39, 0.29) is 25.4 Å². The molecule has 1 N–H and O–H groups in total. The van der Waals surface area contributed by atoms with Gasteiger partial charge >= 0.3 is 11.9 Å². The van der Waals surface area contributed by atoms with E-state index in [1.165, 1.54) is 0 Å². The minimum Gasteiger partial charge on any atom is -0.481 e. The molecule has 0 saturated carbocycles. The van der Waals surface area contributed by atoms with Gasteiger partial charge in [-0.2, -0.15) is 0 Å². The number of carboxylic acids is 1. The summed E-state index contributed by atoms with van der Waals surface area (Å²) < 4.78 is 58.9. The van der Waals surface area contributed by atoms with Crippen LogP contribution in [0.1, 0.15) is 33.6 Å². The lowest BCUT2D eigenvalue weighted by Crippen LogP contribution is -2.24. The van der Waals surface area contributed by atoms with Crippen LogP contribution in [0.5, 0.6) is 0 Å². The third-order valence-electron chi connectivity index (χ3n) is 4.68. The van der Waals surface area contributed by atoms with Gasteiger partial charge in [0, 0.05) is 0 Å². The van der Waals surface area contributed by atoms with Crippen molar-refractivity contribution in [1.82, 2.24) is 0 Å². The molecule has 0 radical (unpaired) electrons. The Morgan fingerprint density at radius 1 is 0.405 bits per heavy atom. The van der Waals surface area contributed by atoms with Gasteiger partial charge in [-0.1, -0.05) is 0 Å². The van der Waals surface area contributed by atoms with Gasteiger partial charge in [0.25, 0.3) is 0 Å². The molecule has 14 nitrogen and oxygen atoms in total. The monoisotopic (exact) mass is 614 g/mol. The molecular formula is C28H54O14. The van der Waals surface area contributed by atoms with Crippen LogP contribution in [-0.2, 0) is 61.7 Å². The first-order valence-electron chi connectivity index (χ1n) is 14.5. The van der Waals surface area contributed by atoms with Crippen molar-refractivity contribution >= 4 is 11.9 Å². The SMILES string of the molecule is CC(C)(C)OC(=O)CCOCCOCCOCCOCCOCCOCCOCCOCCOCCOCCC(=O)O. The molecule has 14 heteroatoms. The van der Waals surface area contributed by atoms with Gasteiger partial charge < -0.3 is 57.2 Å². The summed E-state index contributed by atoms with van der Waals surface area (Å²) in [6, 6.07) is 0. The molecule has 0 heterocycles. The summed E-state index contributed by atoms with van der Waals surface area (Å²) in [5.74, 6) is -1.15. The molecule has 0 aliphatic carbocycles. The molecule has 250 valence electrons. The second kappa shape index (κ2) is 31.0. The summed E-state index contributed by atoms with van der Waals surface area (Å²) in [4.78, 5) is 21.9. The Hall–Kier alpha value is -1.46. The fourth-order valence-corrected chi connectivity index (χ4v) is 2.79. The summed E-state index contributed by atoms with van der Waals surface area (Å²) >= 11 is 0. The number of aliphatic carboxylic acids is 1. The number of carbonyl (C=O) groups excluding carboxylic acids is 1. The second-order valence-corrected chi connectivity index (χ2v) is 9.60. The molecule has 0 spiro atoms. The zero-order valence-corrected chi connectivity index (χ0v) is 25.8. The van der Waals surface area contributed by atoms with E-state index >= 15 is 0 Å². The van der Waals surface area contributed by atoms with Gasteiger partial charge in [-0.3, -0.25) is 9.59 Å². The molecule has 0 saturated heterocycles. The van der Waals surface area contributed by atoms with E-state index in [2.05, 4.69) is 0 Å². The number of carbonyl (C=O) groups is 2. The number of hydrogen-bond donors (Lipinski definition) is 1. The van der Waals surface area contributed by atoms with Gasteiger partial charge in [0.1, 0.15) is 5.60 Å². The van der Waals surface area contributed by atoms with E-state index in [0.29, 0.717) is 126 Å². The summed E-state index contributed by atoms with van der Waals surface area (Å²) in [6.45, 7) is 14.2. The van der Waals surface area contributed by atoms with Gasteiger partial charge in [0.2, 0.25) is 0 Å². The smallest absolute Gasteiger partial charge is 0.308 e. The van der Waals surface area contributed by atoms with Crippen LogP contribution in [0.15, 0.2) is 0 Å². The largest absolute Gasteiger partial charge is 0.481 e. The highest BCUT2D eigenvalue weighted by molar-refractivity contribution is 5.69. The van der Waals surface area contributed by atoms with Gasteiger partial charge in [-0.05, 0) is 20.8 Å². The first-order valence-corrected chi connectivity index (χ1v) is 14.5. The third-order valence-corrected chi connectivity index (χ3v) is 4.68. The van der Waals surface area contributed by atoms with Crippen molar-refractivity contribution in [2.24, 2.45) is 0 Å². The predicted octanol–water partition coefficient (Wildman–Crippen LogP) is 1.36. The third kappa shape index (κ3) is 36.6. The zero-order valence-electron chi connectivity index (χ0n) is 25.8. The summed E-state index contributed by atoms with van der Waals surface area (Å²) in [7, 11) is 0. The number of esters is 1. The van der Waals surface area contributed by atoms with E-state index in [4.69, 9.17) is 57.2 Å². The van der Waals surface area contributed by atoms with Crippen molar-refractivity contribution in [1.29, 1.82) is 0 Å². The van der Waals surface area contributed by atoms with Crippen molar-refractivity contribution in [2.45, 2.75) is 39.2 Å². The van der Waals surface area contributed by atoms with Crippen LogP contribution in [0.25, 0.3) is 0 Å². The van der Waals surface area contributed by atoms with E-state index in [9.17, 15) is 9.59 Å². The summed E-state index contributed by atoms with van der Waals surface area (Å²) in [6.07, 6.45) is 0.223. The van der Waals surface area contributed by atoms with Crippen LogP contribution in [0.2, 0.25) is 0 Å². The van der Waals surface area contributed by atoms with E-state index < -0.39 is 11.6 Å². The highest BCUT2D eigenvalue weighted by Crippen LogP contribution is 2.08. The lowest BCUT2D eigenvalue weighted by molar-refractivity contribution is -0.156. The Morgan fingerprint density at radius 2 is 0.619 bits per heavy atom. The first kappa shape index (κ1) is 40.5. The molecule has 42 heavy (non-hydrogen) atoms. The number of hydrogen-bond acceptors (Lipinski definition) is 13. The van der Waals surface area contributed by atoms with Gasteiger partial charge in [0.05, 0.1) is 145 Å². The van der Waals surface area contributed by atoms with Crippen LogP contribution >= 0.6 is 0 Å². The first-order chi connectivity index (χ1) is 20.3. The molecular weight excluding hydrogens is 560 g/mol. The fourth-order valence-electron chi connectivity index (χ4n) is 2.79. The van der Waals surface area contributed by atoms with E-state index in [1.54, 1.807) is 0 Å². The zero-order chi connectivity index (χ0) is 31.0. The highest BCUT2D eigenvalue weighted by Gasteiger charge is 2.15. The minimum absolute atomic E-state index is 0.00476. The highest BCUT2D eigenvalue weighted by atomic mass is 16.6. The Morgan fingerprint density at radius 3 is 0.833 bits per heavy atom. The van der Waals surface area contributed by atoms with Crippen LogP contribution < -0.4 is 0 Å². The van der Waals surface area contributed by atoms with Crippen LogP contribution in [0.4, 0.5) is 0 Å². The average Bonchev–Trinajstić information content (AvgIpc) is 2.92. The van der Waals surface area contributed by atoms with E-state index in [1.807, 2.05) is 20.8 Å². The Balaban J connectivity index is 3.10. The maximum Gasteiger partial charge on any atom is 0.308 e. The topological polar surface area (TPSA) is 156 Å². The number of rotatable bonds is 33. The second-order valence-electron chi connectivity index (χ2n) is 9.60. The standard InChI is InChI=1S/C28H54O14/c1-28(2,3)42-27(31)5-7-33-9-11-35-13-15-37-17-19-39-21-23-41-25-24-40-22-20-38-18-16-36-14-12-34-10-8-32-6-4-26(29)30/h4-25H2,1-3H3,(H,29,30). The lowest BCUT2D eigenvalue weighted by atomic mass is 10.2. The quantitative estimate of drug-likeness (QED) is 0.0835. The molecule has 0 aromatic carbocycles. The van der Waals surface area contributed by atoms with Crippen molar-refractivity contribution in [3.8, 4) is 0 Å². The Labute approximate surface area is 250 Å². The molecule has 0 rings (SSSR count). The average molecular weight is 615 g/mol. The molecule has 0 fully saturated rings. The van der Waals surface area contributed by atoms with Gasteiger partial charge in [0.15, 0.2) is 0 Å². The molecule has 0 bridgehead atoms. The molecule has 0 unspecified atom stereocenters. The molecule has 0 aromatic heterocycles. The van der Waals surface area contributed by atoms with Gasteiger partial charge in [-0.15, -0.1) is 0 Å². The fraction of sp³-hybridized carbons (Fsp3) is 0.929. The van der Waals surface area contributed by atoms with Crippen molar-refractivity contribution < 1.29 is 66.8 Å². The van der Waals surface area contributed by atoms with Crippen LogP contribution in [0, 0.1) is 0 Å². The summed E-state index contributed by atoms with van der Waals surface area (Å²) in [5.41, 5.74) is -0.477. The van der Waals surface area contributed by atoms with Crippen molar-refractivity contribution in [3.63, 3.8) is 0 Å². The predicted molar refractivity (Wildman–Crippen MR) is 151 cm³/mol. The van der Waals surface area contributed by atoms with E-state index in [0.717, 1.165) is 0 Å².